The van der Waals surface area contributed by atoms with Crippen LogP contribution in [0.4, 0.5) is 0 Å². The molecule has 0 N–H and O–H groups in total. The van der Waals surface area contributed by atoms with Gasteiger partial charge in [0.1, 0.15) is 5.58 Å². The van der Waals surface area contributed by atoms with Crippen molar-refractivity contribution in [1.29, 1.82) is 0 Å². The Bertz CT molecular complexity index is 3110. The van der Waals surface area contributed by atoms with Crippen molar-refractivity contribution < 1.29 is 4.42 Å². The summed E-state index contributed by atoms with van der Waals surface area (Å²) in [5.41, 5.74) is 13.5. The maximum absolute atomic E-state index is 6.65. The zero-order chi connectivity index (χ0) is 33.5. The minimum Gasteiger partial charge on any atom is -0.454 e. The van der Waals surface area contributed by atoms with Crippen molar-refractivity contribution in [2.24, 2.45) is 0 Å². The Labute approximate surface area is 293 Å². The van der Waals surface area contributed by atoms with Gasteiger partial charge in [0.05, 0.1) is 22.1 Å². The van der Waals surface area contributed by atoms with E-state index in [-0.39, 0.29) is 0 Å². The number of benzene rings is 8. The Morgan fingerprint density at radius 2 is 0.902 bits per heavy atom. The lowest BCUT2D eigenvalue weighted by molar-refractivity contribution is 0.671. The number of hydrogen-bond acceptors (Lipinski definition) is 1. The molecule has 0 atom stereocenters. The molecule has 11 aromatic rings. The fraction of sp³-hybridized carbons (Fsp3) is 0. The maximum atomic E-state index is 6.65. The van der Waals surface area contributed by atoms with Crippen molar-refractivity contribution >= 4 is 65.6 Å². The minimum atomic E-state index is 0.905. The lowest BCUT2D eigenvalue weighted by Gasteiger charge is -2.11. The largest absolute Gasteiger partial charge is 0.454 e. The molecule has 0 amide bonds. The fourth-order valence-corrected chi connectivity index (χ4v) is 8.17. The third-order valence-corrected chi connectivity index (χ3v) is 10.5. The van der Waals surface area contributed by atoms with Crippen LogP contribution in [0.25, 0.3) is 99.2 Å². The number of aromatic nitrogens is 2. The van der Waals surface area contributed by atoms with E-state index >= 15 is 0 Å². The number of furan rings is 1. The average Bonchev–Trinajstić information content (AvgIpc) is 3.85. The van der Waals surface area contributed by atoms with Gasteiger partial charge in [0.2, 0.25) is 0 Å². The van der Waals surface area contributed by atoms with Crippen molar-refractivity contribution in [1.82, 2.24) is 9.13 Å². The molecule has 0 spiro atoms. The van der Waals surface area contributed by atoms with E-state index < -0.39 is 0 Å². The summed E-state index contributed by atoms with van der Waals surface area (Å²) in [4.78, 5) is 0. The fourth-order valence-electron chi connectivity index (χ4n) is 8.17. The first-order valence-corrected chi connectivity index (χ1v) is 17.4. The second-order valence-electron chi connectivity index (χ2n) is 13.3. The van der Waals surface area contributed by atoms with Gasteiger partial charge in [-0.15, -0.1) is 0 Å². The quantitative estimate of drug-likeness (QED) is 0.186. The molecule has 0 aliphatic heterocycles. The first-order chi connectivity index (χ1) is 25.3. The van der Waals surface area contributed by atoms with Crippen LogP contribution in [0.3, 0.4) is 0 Å². The van der Waals surface area contributed by atoms with Gasteiger partial charge in [-0.1, -0.05) is 121 Å². The van der Waals surface area contributed by atoms with Gasteiger partial charge in [0, 0.05) is 43.7 Å². The molecule has 11 rings (SSSR count). The first kappa shape index (κ1) is 28.0. The molecule has 0 bridgehead atoms. The Kier molecular flexibility index (Phi) is 5.96. The molecule has 0 saturated carbocycles. The molecule has 0 fully saturated rings. The molecule has 3 aromatic heterocycles. The van der Waals surface area contributed by atoms with Crippen LogP contribution >= 0.6 is 0 Å². The number of fused-ring (bicyclic) bond motifs is 10. The van der Waals surface area contributed by atoms with Crippen LogP contribution < -0.4 is 0 Å². The van der Waals surface area contributed by atoms with E-state index in [1.54, 1.807) is 0 Å². The van der Waals surface area contributed by atoms with Crippen molar-refractivity contribution in [3.8, 4) is 33.6 Å². The van der Waals surface area contributed by atoms with Gasteiger partial charge in [-0.3, -0.25) is 0 Å². The highest BCUT2D eigenvalue weighted by atomic mass is 16.3. The van der Waals surface area contributed by atoms with Gasteiger partial charge in [-0.2, -0.15) is 0 Å². The van der Waals surface area contributed by atoms with Crippen LogP contribution in [0.2, 0.25) is 0 Å². The second kappa shape index (κ2) is 10.8. The molecule has 0 unspecified atom stereocenters. The minimum absolute atomic E-state index is 0.905. The van der Waals surface area contributed by atoms with Crippen molar-refractivity contribution in [2.45, 2.75) is 0 Å². The topological polar surface area (TPSA) is 23.0 Å². The van der Waals surface area contributed by atoms with Crippen LogP contribution in [0.1, 0.15) is 0 Å². The molecule has 0 radical (unpaired) electrons. The van der Waals surface area contributed by atoms with E-state index in [0.29, 0.717) is 0 Å². The van der Waals surface area contributed by atoms with Crippen LogP contribution in [-0.4, -0.2) is 9.13 Å². The standard InChI is InChI=1S/C48H30N2O/c1-3-12-31(13-4-1)33-14-11-15-34(28-33)32-22-24-36(25-23-32)49-43-20-9-7-18-37(43)41-29-42-39-26-27-40-38-19-8-10-21-46(38)51-48(40)47(39)50(45(42)30-44(41)49)35-16-5-2-6-17-35/h1-30H. The molecule has 8 aromatic carbocycles. The molecular weight excluding hydrogens is 621 g/mol. The molecule has 3 heterocycles. The highest BCUT2D eigenvalue weighted by Gasteiger charge is 2.22. The predicted molar refractivity (Wildman–Crippen MR) is 213 cm³/mol. The van der Waals surface area contributed by atoms with E-state index in [0.717, 1.165) is 44.3 Å². The highest BCUT2D eigenvalue weighted by Crippen LogP contribution is 2.43. The summed E-state index contributed by atoms with van der Waals surface area (Å²) in [5, 5.41) is 7.12. The lowest BCUT2D eigenvalue weighted by atomic mass is 9.99. The van der Waals surface area contributed by atoms with Gasteiger partial charge >= 0.3 is 0 Å². The number of nitrogens with zero attached hydrogens (tertiary/aromatic N) is 2. The van der Waals surface area contributed by atoms with Gasteiger partial charge in [-0.25, -0.2) is 0 Å². The predicted octanol–water partition coefficient (Wildman–Crippen LogP) is 13.1. The van der Waals surface area contributed by atoms with E-state index in [2.05, 4.69) is 185 Å². The van der Waals surface area contributed by atoms with E-state index in [9.17, 15) is 0 Å². The molecule has 0 saturated heterocycles. The first-order valence-electron chi connectivity index (χ1n) is 17.4. The molecule has 238 valence electrons. The third kappa shape index (κ3) is 4.19. The summed E-state index contributed by atoms with van der Waals surface area (Å²) in [7, 11) is 0. The summed E-state index contributed by atoms with van der Waals surface area (Å²) >= 11 is 0. The third-order valence-electron chi connectivity index (χ3n) is 10.5. The Balaban J connectivity index is 1.16. The van der Waals surface area contributed by atoms with E-state index in [1.807, 2.05) is 6.07 Å². The monoisotopic (exact) mass is 650 g/mol. The summed E-state index contributed by atoms with van der Waals surface area (Å²) in [6.45, 7) is 0. The van der Waals surface area contributed by atoms with Gasteiger partial charge in [-0.05, 0) is 82.9 Å². The SMILES string of the molecule is c1ccc(-c2cccc(-c3ccc(-n4c5ccccc5c5cc6c7ccc8c9ccccc9oc8c7n(-c7ccccc7)c6cc54)cc3)c2)cc1. The van der Waals surface area contributed by atoms with E-state index in [4.69, 9.17) is 4.42 Å². The molecule has 0 aliphatic carbocycles. The average molecular weight is 651 g/mol. The molecule has 0 aliphatic rings. The summed E-state index contributed by atoms with van der Waals surface area (Å²) in [6.07, 6.45) is 0. The molecule has 3 heteroatoms. The second-order valence-corrected chi connectivity index (χ2v) is 13.3. The van der Waals surface area contributed by atoms with Crippen molar-refractivity contribution in [2.75, 3.05) is 0 Å². The Morgan fingerprint density at radius 3 is 1.71 bits per heavy atom. The number of para-hydroxylation sites is 3. The van der Waals surface area contributed by atoms with Gasteiger partial charge < -0.3 is 13.6 Å². The van der Waals surface area contributed by atoms with Crippen LogP contribution in [0.5, 0.6) is 0 Å². The van der Waals surface area contributed by atoms with Crippen molar-refractivity contribution in [3.63, 3.8) is 0 Å². The van der Waals surface area contributed by atoms with Crippen molar-refractivity contribution in [3.05, 3.63) is 182 Å². The summed E-state index contributed by atoms with van der Waals surface area (Å²) in [5.74, 6) is 0. The molecular formula is C48H30N2O. The molecule has 51 heavy (non-hydrogen) atoms. The van der Waals surface area contributed by atoms with Crippen LogP contribution in [0.15, 0.2) is 186 Å². The number of hydrogen-bond donors (Lipinski definition) is 0. The van der Waals surface area contributed by atoms with E-state index in [1.165, 1.54) is 54.8 Å². The summed E-state index contributed by atoms with van der Waals surface area (Å²) in [6, 6.07) is 65.4. The lowest BCUT2D eigenvalue weighted by Crippen LogP contribution is -1.96. The normalized spacial score (nSPS) is 11.9. The Morgan fingerprint density at radius 1 is 0.314 bits per heavy atom. The highest BCUT2D eigenvalue weighted by molar-refractivity contribution is 6.24. The van der Waals surface area contributed by atoms with Gasteiger partial charge in [0.25, 0.3) is 0 Å². The maximum Gasteiger partial charge on any atom is 0.160 e. The zero-order valence-corrected chi connectivity index (χ0v) is 27.6. The number of rotatable bonds is 4. The molecule has 3 nitrogen and oxygen atoms in total. The summed E-state index contributed by atoms with van der Waals surface area (Å²) < 4.78 is 11.5. The smallest absolute Gasteiger partial charge is 0.160 e. The Hall–Kier alpha value is -6.84. The zero-order valence-electron chi connectivity index (χ0n) is 27.6. The van der Waals surface area contributed by atoms with Crippen LogP contribution in [0, 0.1) is 0 Å². The van der Waals surface area contributed by atoms with Gasteiger partial charge in [0.15, 0.2) is 5.58 Å². The van der Waals surface area contributed by atoms with Crippen LogP contribution in [-0.2, 0) is 0 Å².